The summed E-state index contributed by atoms with van der Waals surface area (Å²) in [4.78, 5) is 0. The molecule has 0 aromatic carbocycles. The zero-order valence-corrected chi connectivity index (χ0v) is 22.2. The molecule has 3 nitrogen and oxygen atoms in total. The summed E-state index contributed by atoms with van der Waals surface area (Å²) in [5, 5.41) is 31.1. The van der Waals surface area contributed by atoms with Gasteiger partial charge in [0.05, 0.1) is 18.8 Å². The minimum Gasteiger partial charge on any atom is -0.392 e. The Morgan fingerprint density at radius 2 is 1.64 bits per heavy atom. The van der Waals surface area contributed by atoms with Crippen molar-refractivity contribution in [2.75, 3.05) is 6.61 Å². The van der Waals surface area contributed by atoms with Crippen molar-refractivity contribution in [2.24, 2.45) is 50.7 Å². The fourth-order valence-corrected chi connectivity index (χ4v) is 11.3. The van der Waals surface area contributed by atoms with Gasteiger partial charge >= 0.3 is 0 Å². The van der Waals surface area contributed by atoms with Gasteiger partial charge in [0.15, 0.2) is 0 Å². The third kappa shape index (κ3) is 2.97. The molecule has 10 unspecified atom stereocenters. The van der Waals surface area contributed by atoms with Gasteiger partial charge in [0, 0.05) is 0 Å². The maximum Gasteiger partial charge on any atom is 0.0852 e. The lowest BCUT2D eigenvalue weighted by atomic mass is 9.41. The van der Waals surface area contributed by atoms with E-state index in [9.17, 15) is 15.3 Å². The maximum absolute atomic E-state index is 10.9. The van der Waals surface area contributed by atoms with E-state index in [1.807, 2.05) is 6.92 Å². The summed E-state index contributed by atoms with van der Waals surface area (Å²) in [5.74, 6) is 2.87. The van der Waals surface area contributed by atoms with E-state index in [2.05, 4.69) is 40.7 Å². The standard InChI is InChI=1S/C30H50O3/c1-19(17-31)8-7-9-20(2)21-12-13-28(6)24-11-10-23-26(3,4)25(33)22(32)16-30(23)18-29(24,30)15-14-27(21,28)5/h8,20-25,31-33H,7,9-18H2,1-6H3. The third-order valence-corrected chi connectivity index (χ3v) is 13.2. The second-order valence-electron chi connectivity index (χ2n) is 14.5. The van der Waals surface area contributed by atoms with Gasteiger partial charge in [-0.3, -0.25) is 0 Å². The normalized spacial score (nSPS) is 53.5. The molecular weight excluding hydrogens is 408 g/mol. The Kier molecular flexibility index (Phi) is 5.57. The average Bonchev–Trinajstić information content (AvgIpc) is 3.33. The zero-order valence-electron chi connectivity index (χ0n) is 22.2. The van der Waals surface area contributed by atoms with Gasteiger partial charge < -0.3 is 15.3 Å². The second-order valence-corrected chi connectivity index (χ2v) is 14.5. The summed E-state index contributed by atoms with van der Waals surface area (Å²) in [7, 11) is 0. The highest BCUT2D eigenvalue weighted by atomic mass is 16.3. The van der Waals surface area contributed by atoms with E-state index in [1.165, 1.54) is 51.4 Å². The van der Waals surface area contributed by atoms with Gasteiger partial charge in [-0.25, -0.2) is 0 Å². The first-order valence-corrected chi connectivity index (χ1v) is 14.0. The van der Waals surface area contributed by atoms with Crippen LogP contribution in [0.5, 0.6) is 0 Å². The molecule has 0 aliphatic heterocycles. The quantitative estimate of drug-likeness (QED) is 0.435. The number of allylic oxidation sites excluding steroid dienone is 1. The Hall–Kier alpha value is -0.380. The van der Waals surface area contributed by atoms with Crippen LogP contribution >= 0.6 is 0 Å². The minimum absolute atomic E-state index is 0.180. The highest BCUT2D eigenvalue weighted by Crippen LogP contribution is 2.89. The van der Waals surface area contributed by atoms with Crippen LogP contribution < -0.4 is 0 Å². The SMILES string of the molecule is CC(=CCCC(C)C1CCC2(C)C3CCC4C(C)(C)C(O)C(O)CC45CC35CCC12C)CO. The van der Waals surface area contributed by atoms with Crippen LogP contribution in [0.1, 0.15) is 106 Å². The van der Waals surface area contributed by atoms with Crippen molar-refractivity contribution in [3.05, 3.63) is 11.6 Å². The summed E-state index contributed by atoms with van der Waals surface area (Å²) in [6.07, 6.45) is 13.5. The molecule has 10 atom stereocenters. The van der Waals surface area contributed by atoms with Gasteiger partial charge in [0.25, 0.3) is 0 Å². The highest BCUT2D eigenvalue weighted by molar-refractivity contribution is 5.31. The Balaban J connectivity index is 1.40. The number of aliphatic hydroxyl groups excluding tert-OH is 3. The van der Waals surface area contributed by atoms with Crippen LogP contribution in [-0.4, -0.2) is 34.1 Å². The van der Waals surface area contributed by atoms with Crippen LogP contribution in [0.2, 0.25) is 0 Å². The van der Waals surface area contributed by atoms with Crippen molar-refractivity contribution in [2.45, 2.75) is 118 Å². The van der Waals surface area contributed by atoms with Crippen molar-refractivity contribution in [1.29, 1.82) is 0 Å². The predicted octanol–water partition coefficient (Wildman–Crippen LogP) is 6.11. The van der Waals surface area contributed by atoms with Gasteiger partial charge in [-0.15, -0.1) is 0 Å². The zero-order chi connectivity index (χ0) is 24.0. The molecule has 188 valence electrons. The Morgan fingerprint density at radius 1 is 0.939 bits per heavy atom. The smallest absolute Gasteiger partial charge is 0.0852 e. The molecule has 3 heteroatoms. The molecule has 0 aromatic heterocycles. The Morgan fingerprint density at radius 3 is 2.33 bits per heavy atom. The lowest BCUT2D eigenvalue weighted by molar-refractivity contribution is -0.191. The van der Waals surface area contributed by atoms with Crippen LogP contribution in [0.25, 0.3) is 0 Å². The van der Waals surface area contributed by atoms with Crippen LogP contribution in [0.3, 0.4) is 0 Å². The average molecular weight is 459 g/mol. The number of fused-ring (bicyclic) bond motifs is 2. The molecule has 0 aromatic rings. The first kappa shape index (κ1) is 24.3. The van der Waals surface area contributed by atoms with Gasteiger partial charge in [-0.05, 0) is 122 Å². The maximum atomic E-state index is 10.9. The Labute approximate surface area is 202 Å². The molecule has 3 N–H and O–H groups in total. The van der Waals surface area contributed by atoms with Crippen LogP contribution in [0.4, 0.5) is 0 Å². The number of hydrogen-bond donors (Lipinski definition) is 3. The van der Waals surface area contributed by atoms with E-state index in [4.69, 9.17) is 0 Å². The van der Waals surface area contributed by atoms with E-state index in [0.29, 0.717) is 22.2 Å². The lowest BCUT2D eigenvalue weighted by Gasteiger charge is -2.63. The fourth-order valence-electron chi connectivity index (χ4n) is 11.3. The molecule has 5 saturated carbocycles. The fraction of sp³-hybridized carbons (Fsp3) is 0.933. The molecule has 0 radical (unpaired) electrons. The molecule has 5 rings (SSSR count). The first-order valence-electron chi connectivity index (χ1n) is 14.0. The summed E-state index contributed by atoms with van der Waals surface area (Å²) >= 11 is 0. The molecule has 33 heavy (non-hydrogen) atoms. The molecule has 0 amide bonds. The van der Waals surface area contributed by atoms with Gasteiger partial charge in [-0.1, -0.05) is 46.3 Å². The monoisotopic (exact) mass is 458 g/mol. The number of rotatable bonds is 5. The third-order valence-electron chi connectivity index (χ3n) is 13.2. The van der Waals surface area contributed by atoms with Crippen LogP contribution in [-0.2, 0) is 0 Å². The van der Waals surface area contributed by atoms with Crippen LogP contribution in [0, 0.1) is 50.7 Å². The van der Waals surface area contributed by atoms with Gasteiger partial charge in [0.1, 0.15) is 0 Å². The van der Waals surface area contributed by atoms with E-state index < -0.39 is 12.2 Å². The summed E-state index contributed by atoms with van der Waals surface area (Å²) in [6, 6.07) is 0. The van der Waals surface area contributed by atoms with E-state index in [1.54, 1.807) is 0 Å². The van der Waals surface area contributed by atoms with Gasteiger partial charge in [0.2, 0.25) is 0 Å². The second kappa shape index (κ2) is 7.56. The van der Waals surface area contributed by atoms with Crippen LogP contribution in [0.15, 0.2) is 11.6 Å². The van der Waals surface area contributed by atoms with Crippen molar-refractivity contribution < 1.29 is 15.3 Å². The van der Waals surface area contributed by atoms with E-state index in [0.717, 1.165) is 36.2 Å². The summed E-state index contributed by atoms with van der Waals surface area (Å²) < 4.78 is 0. The van der Waals surface area contributed by atoms with Crippen molar-refractivity contribution in [3.63, 3.8) is 0 Å². The summed E-state index contributed by atoms with van der Waals surface area (Å²) in [5.41, 5.74) is 2.43. The molecule has 5 fully saturated rings. The molecule has 5 aliphatic rings. The molecule has 5 aliphatic carbocycles. The van der Waals surface area contributed by atoms with Gasteiger partial charge in [-0.2, -0.15) is 0 Å². The van der Waals surface area contributed by atoms with Crippen molar-refractivity contribution in [1.82, 2.24) is 0 Å². The number of hydrogen-bond acceptors (Lipinski definition) is 3. The Bertz CT molecular complexity index is 817. The molecular formula is C30H50O3. The predicted molar refractivity (Wildman–Crippen MR) is 134 cm³/mol. The largest absolute Gasteiger partial charge is 0.392 e. The highest BCUT2D eigenvalue weighted by Gasteiger charge is 2.82. The molecule has 0 heterocycles. The van der Waals surface area contributed by atoms with Crippen molar-refractivity contribution in [3.8, 4) is 0 Å². The molecule has 0 saturated heterocycles. The first-order chi connectivity index (χ1) is 15.4. The molecule has 0 bridgehead atoms. The number of aliphatic hydroxyl groups is 3. The lowest BCUT2D eigenvalue weighted by Crippen LogP contribution is -2.60. The topological polar surface area (TPSA) is 60.7 Å². The minimum atomic E-state index is -0.577. The van der Waals surface area contributed by atoms with E-state index >= 15 is 0 Å². The van der Waals surface area contributed by atoms with E-state index in [-0.39, 0.29) is 17.4 Å². The molecule has 2 spiro atoms. The van der Waals surface area contributed by atoms with Crippen molar-refractivity contribution >= 4 is 0 Å². The summed E-state index contributed by atoms with van der Waals surface area (Å²) in [6.45, 7) is 14.5.